The molecule has 2 heteroatoms. The van der Waals surface area contributed by atoms with Crippen LogP contribution in [0.15, 0.2) is 0 Å². The molecule has 0 aromatic heterocycles. The van der Waals surface area contributed by atoms with Crippen LogP contribution in [-0.4, -0.2) is 16.3 Å². The van der Waals surface area contributed by atoms with Gasteiger partial charge in [-0.1, -0.05) is 113 Å². The molecule has 1 N–H and O–H groups in total. The van der Waals surface area contributed by atoms with Crippen molar-refractivity contribution in [2.75, 3.05) is 5.75 Å². The lowest BCUT2D eigenvalue weighted by atomic mass is 9.53. The summed E-state index contributed by atoms with van der Waals surface area (Å²) in [5.41, 5.74) is -0.177. The highest BCUT2D eigenvalue weighted by atomic mass is 32.2. The van der Waals surface area contributed by atoms with E-state index in [0.717, 1.165) is 12.2 Å². The van der Waals surface area contributed by atoms with Crippen LogP contribution in [0.1, 0.15) is 126 Å². The van der Waals surface area contributed by atoms with Crippen LogP contribution in [0, 0.1) is 16.2 Å². The van der Waals surface area contributed by atoms with E-state index >= 15 is 0 Å². The summed E-state index contributed by atoms with van der Waals surface area (Å²) in [4.78, 5) is 0. The number of unbranched alkanes of at least 4 members (excludes halogenated alkanes) is 9. The Hall–Kier alpha value is 0.310. The smallest absolute Gasteiger partial charge is 0.106 e. The van der Waals surface area contributed by atoms with Crippen molar-refractivity contribution in [2.45, 2.75) is 131 Å². The monoisotopic (exact) mass is 386 g/mol. The minimum Gasteiger partial charge on any atom is -0.382 e. The average Bonchev–Trinajstić information content (AvgIpc) is 2.51. The van der Waals surface area contributed by atoms with Crippen molar-refractivity contribution in [1.82, 2.24) is 0 Å². The fourth-order valence-corrected chi connectivity index (χ4v) is 6.78. The van der Waals surface area contributed by atoms with E-state index < -0.39 is 0 Å². The highest BCUT2D eigenvalue weighted by molar-refractivity contribution is 7.99. The molecule has 26 heavy (non-hydrogen) atoms. The summed E-state index contributed by atoms with van der Waals surface area (Å²) in [6.07, 6.45) is 14.8. The van der Waals surface area contributed by atoms with Crippen molar-refractivity contribution in [2.24, 2.45) is 16.2 Å². The Balaban J connectivity index is 4.14. The second-order valence-electron chi connectivity index (χ2n) is 10.2. The van der Waals surface area contributed by atoms with Crippen LogP contribution in [0.4, 0.5) is 0 Å². The van der Waals surface area contributed by atoms with Gasteiger partial charge in [0, 0.05) is 5.41 Å². The molecule has 1 nitrogen and oxygen atoms in total. The van der Waals surface area contributed by atoms with Crippen molar-refractivity contribution in [1.29, 1.82) is 0 Å². The molecule has 0 aromatic carbocycles. The summed E-state index contributed by atoms with van der Waals surface area (Å²) in [5, 5.41) is 11.1. The molecule has 0 radical (unpaired) electrons. The van der Waals surface area contributed by atoms with E-state index in [9.17, 15) is 5.11 Å². The van der Waals surface area contributed by atoms with Crippen LogP contribution in [0.25, 0.3) is 0 Å². The summed E-state index contributed by atoms with van der Waals surface area (Å²) in [7, 11) is 0. The van der Waals surface area contributed by atoms with E-state index in [-0.39, 0.29) is 21.7 Å². The molecular weight excluding hydrogens is 336 g/mol. The van der Waals surface area contributed by atoms with Gasteiger partial charge in [0.25, 0.3) is 0 Å². The quantitative estimate of drug-likeness (QED) is 0.239. The van der Waals surface area contributed by atoms with E-state index in [4.69, 9.17) is 0 Å². The molecule has 1 unspecified atom stereocenters. The van der Waals surface area contributed by atoms with Gasteiger partial charge in [-0.05, 0) is 29.4 Å². The number of aliphatic hydroxyl groups is 1. The second kappa shape index (κ2) is 12.7. The number of hydrogen-bond donors (Lipinski definition) is 1. The van der Waals surface area contributed by atoms with Crippen molar-refractivity contribution in [3.05, 3.63) is 0 Å². The summed E-state index contributed by atoms with van der Waals surface area (Å²) in [6, 6.07) is 0. The molecule has 0 saturated carbocycles. The van der Waals surface area contributed by atoms with Crippen LogP contribution in [-0.2, 0) is 0 Å². The molecule has 0 aromatic rings. The maximum Gasteiger partial charge on any atom is 0.106 e. The highest BCUT2D eigenvalue weighted by Crippen LogP contribution is 2.58. The minimum atomic E-state index is -0.286. The number of thioether (sulfide) groups is 1. The van der Waals surface area contributed by atoms with E-state index in [1.54, 1.807) is 11.8 Å². The van der Waals surface area contributed by atoms with Crippen molar-refractivity contribution >= 4 is 11.8 Å². The zero-order valence-electron chi connectivity index (χ0n) is 19.4. The van der Waals surface area contributed by atoms with Crippen LogP contribution in [0.2, 0.25) is 0 Å². The predicted molar refractivity (Wildman–Crippen MR) is 122 cm³/mol. The molecule has 0 fully saturated rings. The van der Waals surface area contributed by atoms with Gasteiger partial charge in [-0.3, -0.25) is 0 Å². The molecule has 0 heterocycles. The number of hydrogen-bond acceptors (Lipinski definition) is 2. The fraction of sp³-hybridized carbons (Fsp3) is 1.00. The standard InChI is InChI=1S/C24H50OS/c1-9-11-12-13-14-15-16-17-18-19-20-26-21(25)24(10-2,22(3,4)5)23(6,7)8/h21,25H,9-20H2,1-8H3. The third-order valence-corrected chi connectivity index (χ3v) is 7.67. The van der Waals surface area contributed by atoms with Crippen LogP contribution < -0.4 is 0 Å². The highest BCUT2D eigenvalue weighted by Gasteiger charge is 2.53. The molecule has 0 spiro atoms. The zero-order chi connectivity index (χ0) is 20.3. The normalized spacial score (nSPS) is 14.7. The zero-order valence-corrected chi connectivity index (χ0v) is 20.2. The average molecular weight is 387 g/mol. The van der Waals surface area contributed by atoms with Crippen molar-refractivity contribution in [3.63, 3.8) is 0 Å². The SMILES string of the molecule is CCCCCCCCCCCCSC(O)C(CC)(C(C)(C)C)C(C)(C)C. The number of aliphatic hydroxyl groups excluding tert-OH is 1. The molecule has 0 aliphatic carbocycles. The summed E-state index contributed by atoms with van der Waals surface area (Å²) >= 11 is 1.79. The van der Waals surface area contributed by atoms with Crippen LogP contribution >= 0.6 is 11.8 Å². The molecule has 0 amide bonds. The van der Waals surface area contributed by atoms with Gasteiger partial charge in [-0.2, -0.15) is 0 Å². The van der Waals surface area contributed by atoms with Crippen LogP contribution in [0.3, 0.4) is 0 Å². The van der Waals surface area contributed by atoms with E-state index in [1.165, 1.54) is 64.2 Å². The Labute approximate surface area is 170 Å². The molecule has 0 bridgehead atoms. The maximum absolute atomic E-state index is 11.1. The molecule has 0 saturated heterocycles. The minimum absolute atomic E-state index is 0.0663. The Bertz CT molecular complexity index is 323. The lowest BCUT2D eigenvalue weighted by Gasteiger charge is -2.56. The lowest BCUT2D eigenvalue weighted by Crippen LogP contribution is -2.53. The predicted octanol–water partition coefficient (Wildman–Crippen LogP) is 8.45. The van der Waals surface area contributed by atoms with Crippen molar-refractivity contribution in [3.8, 4) is 0 Å². The third-order valence-electron chi connectivity index (χ3n) is 6.43. The van der Waals surface area contributed by atoms with Gasteiger partial charge in [0.1, 0.15) is 5.44 Å². The second-order valence-corrected chi connectivity index (χ2v) is 11.4. The largest absolute Gasteiger partial charge is 0.382 e. The topological polar surface area (TPSA) is 20.2 Å². The molecule has 0 aliphatic rings. The first-order chi connectivity index (χ1) is 12.0. The Morgan fingerprint density at radius 2 is 1.04 bits per heavy atom. The molecular formula is C24H50OS. The van der Waals surface area contributed by atoms with Gasteiger partial charge in [0.2, 0.25) is 0 Å². The van der Waals surface area contributed by atoms with Gasteiger partial charge < -0.3 is 5.11 Å². The van der Waals surface area contributed by atoms with E-state index in [1.807, 2.05) is 0 Å². The summed E-state index contributed by atoms with van der Waals surface area (Å²) in [5.74, 6) is 1.09. The molecule has 1 atom stereocenters. The fourth-order valence-electron chi connectivity index (χ4n) is 5.03. The maximum atomic E-state index is 11.1. The van der Waals surface area contributed by atoms with Gasteiger partial charge in [-0.15, -0.1) is 11.8 Å². The first-order valence-corrected chi connectivity index (χ1v) is 12.4. The molecule has 158 valence electrons. The van der Waals surface area contributed by atoms with Crippen LogP contribution in [0.5, 0.6) is 0 Å². The van der Waals surface area contributed by atoms with Crippen molar-refractivity contribution < 1.29 is 5.11 Å². The first-order valence-electron chi connectivity index (χ1n) is 11.3. The lowest BCUT2D eigenvalue weighted by molar-refractivity contribution is -0.0948. The Morgan fingerprint density at radius 3 is 1.38 bits per heavy atom. The molecule has 0 rings (SSSR count). The van der Waals surface area contributed by atoms with Gasteiger partial charge >= 0.3 is 0 Å². The van der Waals surface area contributed by atoms with Gasteiger partial charge in [0.15, 0.2) is 0 Å². The molecule has 0 aliphatic heterocycles. The Morgan fingerprint density at radius 1 is 0.654 bits per heavy atom. The van der Waals surface area contributed by atoms with E-state index in [0.29, 0.717) is 0 Å². The Kier molecular flexibility index (Phi) is 12.9. The third kappa shape index (κ3) is 8.13. The van der Waals surface area contributed by atoms with E-state index in [2.05, 4.69) is 55.4 Å². The van der Waals surface area contributed by atoms with Gasteiger partial charge in [0.05, 0.1) is 0 Å². The first kappa shape index (κ1) is 26.3. The van der Waals surface area contributed by atoms with Gasteiger partial charge in [-0.25, -0.2) is 0 Å². The summed E-state index contributed by atoms with van der Waals surface area (Å²) in [6.45, 7) is 18.3. The summed E-state index contributed by atoms with van der Waals surface area (Å²) < 4.78 is 0. The number of rotatable bonds is 14.